The average molecular weight is 195 g/mol. The maximum absolute atomic E-state index is 11.3. The van der Waals surface area contributed by atoms with Crippen LogP contribution < -0.4 is 5.43 Å². The molecule has 0 unspecified atom stereocenters. The zero-order valence-corrected chi connectivity index (χ0v) is 7.64. The molecule has 0 aromatic heterocycles. The maximum atomic E-state index is 11.3. The minimum atomic E-state index is -1.49. The molecule has 0 aromatic carbocycles. The summed E-state index contributed by atoms with van der Waals surface area (Å²) in [5.74, 6) is 0.626. The van der Waals surface area contributed by atoms with Gasteiger partial charge in [0.05, 0.1) is 0 Å². The molecular formula is C7H10BN3O3. The fourth-order valence-electron chi connectivity index (χ4n) is 1.48. The lowest BCUT2D eigenvalue weighted by molar-refractivity contribution is 0.224. The second-order valence-corrected chi connectivity index (χ2v) is 3.17. The quantitative estimate of drug-likeness (QED) is 0.452. The molecule has 2 aliphatic heterocycles. The molecule has 1 fully saturated rings. The summed E-state index contributed by atoms with van der Waals surface area (Å²) >= 11 is 0. The van der Waals surface area contributed by atoms with Gasteiger partial charge in [-0.3, -0.25) is 9.91 Å². The number of nitrogens with one attached hydrogen (secondary N) is 1. The molecule has 74 valence electrons. The summed E-state index contributed by atoms with van der Waals surface area (Å²) in [7, 11) is 0.199. The van der Waals surface area contributed by atoms with E-state index < -0.39 is 7.12 Å². The molecule has 3 N–H and O–H groups in total. The highest BCUT2D eigenvalue weighted by atomic mass is 16.4. The Hall–Kier alpha value is -1.47. The summed E-state index contributed by atoms with van der Waals surface area (Å²) in [6.45, 7) is 0.356. The van der Waals surface area contributed by atoms with Crippen molar-refractivity contribution in [1.29, 1.82) is 0 Å². The number of hydrazine groups is 1. The van der Waals surface area contributed by atoms with Gasteiger partial charge in [0.25, 0.3) is 0 Å². The zero-order chi connectivity index (χ0) is 10.3. The minimum absolute atomic E-state index is 0.207. The van der Waals surface area contributed by atoms with Crippen LogP contribution in [-0.2, 0) is 0 Å². The van der Waals surface area contributed by atoms with E-state index in [1.165, 1.54) is 9.91 Å². The van der Waals surface area contributed by atoms with Crippen LogP contribution in [0.15, 0.2) is 23.4 Å². The highest BCUT2D eigenvalue weighted by molar-refractivity contribution is 6.51. The third-order valence-corrected chi connectivity index (χ3v) is 2.23. The molecular weight excluding hydrogens is 185 g/mol. The van der Waals surface area contributed by atoms with Crippen molar-refractivity contribution in [2.24, 2.45) is 0 Å². The summed E-state index contributed by atoms with van der Waals surface area (Å²) in [6.07, 6.45) is 3.17. The molecule has 0 spiro atoms. The van der Waals surface area contributed by atoms with E-state index >= 15 is 0 Å². The van der Waals surface area contributed by atoms with Crippen LogP contribution in [0.25, 0.3) is 0 Å². The number of carbonyl (C=O) groups is 1. The summed E-state index contributed by atoms with van der Waals surface area (Å²) in [4.78, 5) is 12.8. The molecule has 2 aliphatic rings. The molecule has 1 saturated heterocycles. The second kappa shape index (κ2) is 3.04. The SMILES string of the molecule is CN1NC(=O)N2CC=C(B(O)O)C=C12. The lowest BCUT2D eigenvalue weighted by atomic mass is 9.78. The Balaban J connectivity index is 2.29. The highest BCUT2D eigenvalue weighted by Gasteiger charge is 2.32. The standard InChI is InChI=1S/C7H10BN3O3/c1-10-6-4-5(8(13)14)2-3-11(6)7(12)9-10/h2,4,13-14H,3H2,1H3,(H,9,12). The van der Waals surface area contributed by atoms with Crippen LogP contribution >= 0.6 is 0 Å². The number of rotatable bonds is 1. The van der Waals surface area contributed by atoms with Gasteiger partial charge in [-0.25, -0.2) is 10.2 Å². The summed E-state index contributed by atoms with van der Waals surface area (Å²) in [5, 5.41) is 19.4. The summed E-state index contributed by atoms with van der Waals surface area (Å²) < 4.78 is 0. The van der Waals surface area contributed by atoms with Crippen LogP contribution in [0.5, 0.6) is 0 Å². The third kappa shape index (κ3) is 1.26. The first-order valence-electron chi connectivity index (χ1n) is 4.19. The number of amides is 2. The van der Waals surface area contributed by atoms with Crippen LogP contribution in [0.4, 0.5) is 4.79 Å². The molecule has 0 aliphatic carbocycles. The molecule has 0 saturated carbocycles. The average Bonchev–Trinajstić information content (AvgIpc) is 2.42. The van der Waals surface area contributed by atoms with Crippen molar-refractivity contribution in [3.63, 3.8) is 0 Å². The van der Waals surface area contributed by atoms with Crippen LogP contribution in [0.1, 0.15) is 0 Å². The molecule has 2 rings (SSSR count). The van der Waals surface area contributed by atoms with E-state index in [0.717, 1.165) is 0 Å². The minimum Gasteiger partial charge on any atom is -0.423 e. The van der Waals surface area contributed by atoms with Gasteiger partial charge in [0.15, 0.2) is 0 Å². The lowest BCUT2D eigenvalue weighted by Crippen LogP contribution is -2.30. The van der Waals surface area contributed by atoms with Crippen molar-refractivity contribution < 1.29 is 14.8 Å². The Morgan fingerprint density at radius 2 is 2.29 bits per heavy atom. The number of allylic oxidation sites excluding steroid dienone is 2. The van der Waals surface area contributed by atoms with Crippen LogP contribution in [0.2, 0.25) is 0 Å². The molecule has 0 atom stereocenters. The van der Waals surface area contributed by atoms with Crippen LogP contribution in [-0.4, -0.2) is 46.7 Å². The Bertz CT molecular complexity index is 339. The molecule has 7 heteroatoms. The molecule has 0 bridgehead atoms. The number of fused-ring (bicyclic) bond motifs is 1. The monoisotopic (exact) mass is 195 g/mol. The normalized spacial score (nSPS) is 20.1. The first kappa shape index (κ1) is 9.10. The van der Waals surface area contributed by atoms with Gasteiger partial charge in [-0.1, -0.05) is 6.08 Å². The van der Waals surface area contributed by atoms with Crippen molar-refractivity contribution in [2.45, 2.75) is 0 Å². The molecule has 6 nitrogen and oxygen atoms in total. The van der Waals surface area contributed by atoms with Crippen molar-refractivity contribution in [3.05, 3.63) is 23.4 Å². The first-order valence-corrected chi connectivity index (χ1v) is 4.19. The Morgan fingerprint density at radius 1 is 1.57 bits per heavy atom. The van der Waals surface area contributed by atoms with E-state index in [2.05, 4.69) is 5.43 Å². The van der Waals surface area contributed by atoms with Gasteiger partial charge < -0.3 is 10.0 Å². The number of hydrogen-bond donors (Lipinski definition) is 3. The molecule has 14 heavy (non-hydrogen) atoms. The van der Waals surface area contributed by atoms with Crippen molar-refractivity contribution in [1.82, 2.24) is 15.3 Å². The number of urea groups is 1. The van der Waals surface area contributed by atoms with Gasteiger partial charge >= 0.3 is 13.1 Å². The Morgan fingerprint density at radius 3 is 2.93 bits per heavy atom. The largest absolute Gasteiger partial charge is 0.488 e. The number of carbonyl (C=O) groups excluding carboxylic acids is 1. The molecule has 2 heterocycles. The lowest BCUT2D eigenvalue weighted by Gasteiger charge is -2.21. The van der Waals surface area contributed by atoms with Crippen LogP contribution in [0.3, 0.4) is 0 Å². The van der Waals surface area contributed by atoms with E-state index in [1.807, 2.05) is 0 Å². The van der Waals surface area contributed by atoms with Crippen molar-refractivity contribution in [3.8, 4) is 0 Å². The topological polar surface area (TPSA) is 76.0 Å². The van der Waals surface area contributed by atoms with Gasteiger partial charge in [-0.05, 0) is 11.5 Å². The Labute approximate surface area is 81.2 Å². The molecule has 0 radical (unpaired) electrons. The van der Waals surface area contributed by atoms with E-state index in [0.29, 0.717) is 17.8 Å². The summed E-state index contributed by atoms with van der Waals surface area (Å²) in [5.41, 5.74) is 2.98. The predicted molar refractivity (Wildman–Crippen MR) is 49.4 cm³/mol. The zero-order valence-electron chi connectivity index (χ0n) is 7.64. The highest BCUT2D eigenvalue weighted by Crippen LogP contribution is 2.21. The smallest absolute Gasteiger partial charge is 0.423 e. The van der Waals surface area contributed by atoms with E-state index in [4.69, 9.17) is 10.0 Å². The molecule has 2 amide bonds. The Kier molecular flexibility index (Phi) is 1.97. The summed E-state index contributed by atoms with van der Waals surface area (Å²) in [6, 6.07) is -0.207. The van der Waals surface area contributed by atoms with Gasteiger partial charge in [-0.15, -0.1) is 0 Å². The van der Waals surface area contributed by atoms with Crippen molar-refractivity contribution in [2.75, 3.05) is 13.6 Å². The fourth-order valence-corrected chi connectivity index (χ4v) is 1.48. The van der Waals surface area contributed by atoms with Crippen molar-refractivity contribution >= 4 is 13.1 Å². The third-order valence-electron chi connectivity index (χ3n) is 2.23. The van der Waals surface area contributed by atoms with E-state index in [1.54, 1.807) is 19.2 Å². The first-order chi connectivity index (χ1) is 6.59. The van der Waals surface area contributed by atoms with Gasteiger partial charge in [0, 0.05) is 13.6 Å². The second-order valence-electron chi connectivity index (χ2n) is 3.17. The number of nitrogens with zero attached hydrogens (tertiary/aromatic N) is 2. The fraction of sp³-hybridized carbons (Fsp3) is 0.286. The predicted octanol–water partition coefficient (Wildman–Crippen LogP) is -1.35. The van der Waals surface area contributed by atoms with Crippen LogP contribution in [0, 0.1) is 0 Å². The van der Waals surface area contributed by atoms with Gasteiger partial charge in [0.1, 0.15) is 5.82 Å². The van der Waals surface area contributed by atoms with E-state index in [9.17, 15) is 4.79 Å². The van der Waals surface area contributed by atoms with Gasteiger partial charge in [0.2, 0.25) is 0 Å². The number of hydrogen-bond acceptors (Lipinski definition) is 4. The van der Waals surface area contributed by atoms with E-state index in [-0.39, 0.29) is 6.03 Å². The van der Waals surface area contributed by atoms with Gasteiger partial charge in [-0.2, -0.15) is 0 Å². The maximum Gasteiger partial charge on any atom is 0.488 e. The molecule has 0 aromatic rings.